The van der Waals surface area contributed by atoms with Crippen LogP contribution in [0.2, 0.25) is 0 Å². The van der Waals surface area contributed by atoms with Crippen molar-refractivity contribution in [2.75, 3.05) is 58.7 Å². The molecule has 3 aliphatic heterocycles. The third kappa shape index (κ3) is 3.34. The van der Waals surface area contributed by atoms with E-state index in [1.807, 2.05) is 4.90 Å². The van der Waals surface area contributed by atoms with Crippen molar-refractivity contribution in [1.82, 2.24) is 20.0 Å². The molecular weight excluding hydrogens is 318 g/mol. The van der Waals surface area contributed by atoms with Crippen LogP contribution in [-0.4, -0.2) is 107 Å². The summed E-state index contributed by atoms with van der Waals surface area (Å²) in [5, 5.41) is 12.4. The highest BCUT2D eigenvalue weighted by atomic mass is 32.2. The largest absolute Gasteiger partial charge is 0.394 e. The Labute approximate surface area is 140 Å². The highest BCUT2D eigenvalue weighted by Gasteiger charge is 2.52. The number of hydrogen-bond acceptors (Lipinski definition) is 7. The Hall–Kier alpha value is -0.870. The van der Waals surface area contributed by atoms with Crippen molar-refractivity contribution < 1.29 is 14.7 Å². The van der Waals surface area contributed by atoms with Gasteiger partial charge in [0.05, 0.1) is 25.7 Å². The number of thioether (sulfide) groups is 1. The van der Waals surface area contributed by atoms with E-state index >= 15 is 0 Å². The van der Waals surface area contributed by atoms with E-state index < -0.39 is 6.04 Å². The summed E-state index contributed by atoms with van der Waals surface area (Å²) in [4.78, 5) is 30.1. The molecule has 0 saturated carbocycles. The molecule has 0 aromatic carbocycles. The summed E-state index contributed by atoms with van der Waals surface area (Å²) in [6.07, 6.45) is 0. The number of nitrogens with zero attached hydrogens (tertiary/aromatic N) is 3. The van der Waals surface area contributed by atoms with Crippen molar-refractivity contribution >= 4 is 23.6 Å². The molecule has 0 bridgehead atoms. The first-order valence-electron chi connectivity index (χ1n) is 7.98. The molecule has 3 aliphatic rings. The van der Waals surface area contributed by atoms with Crippen molar-refractivity contribution in [3.05, 3.63) is 0 Å². The van der Waals surface area contributed by atoms with E-state index in [0.717, 1.165) is 31.9 Å². The quantitative estimate of drug-likeness (QED) is 0.513. The van der Waals surface area contributed by atoms with Gasteiger partial charge in [-0.15, -0.1) is 11.8 Å². The minimum absolute atomic E-state index is 0.166. The molecule has 9 heteroatoms. The van der Waals surface area contributed by atoms with Gasteiger partial charge in [0.1, 0.15) is 10.9 Å². The van der Waals surface area contributed by atoms with E-state index in [9.17, 15) is 9.59 Å². The third-order valence-electron chi connectivity index (χ3n) is 4.79. The van der Waals surface area contributed by atoms with Gasteiger partial charge in [0, 0.05) is 31.9 Å². The van der Waals surface area contributed by atoms with Gasteiger partial charge in [0.2, 0.25) is 11.8 Å². The van der Waals surface area contributed by atoms with Crippen molar-refractivity contribution in [3.63, 3.8) is 0 Å². The molecule has 4 N–H and O–H groups in total. The lowest BCUT2D eigenvalue weighted by Gasteiger charge is -2.48. The normalized spacial score (nSPS) is 28.7. The second-order valence-electron chi connectivity index (χ2n) is 6.61. The molecule has 0 radical (unpaired) electrons. The van der Waals surface area contributed by atoms with Gasteiger partial charge in [-0.2, -0.15) is 0 Å². The number of likely N-dealkylation sites (tertiary alicyclic amines) is 1. The van der Waals surface area contributed by atoms with Crippen LogP contribution in [0, 0.1) is 0 Å². The molecule has 0 aromatic heterocycles. The summed E-state index contributed by atoms with van der Waals surface area (Å²) in [5.41, 5.74) is 5.57. The number of hydrogen-bond donors (Lipinski definition) is 3. The highest BCUT2D eigenvalue weighted by Crippen LogP contribution is 2.39. The average Bonchev–Trinajstić information content (AvgIpc) is 2.97. The standard InChI is InChI=1S/C14H25N5O3S/c1-17-2-4-18(5-3-17)13(22)11-7-23-14(16-11)8-19(9-14)12(21)10(15)6-20/h10-11,16,20H,2-9,15H2,1H3/t10-,11-/m0/s1. The first kappa shape index (κ1) is 17.0. The van der Waals surface area contributed by atoms with Gasteiger partial charge in [-0.3, -0.25) is 14.9 Å². The second kappa shape index (κ2) is 6.56. The number of aliphatic hydroxyl groups excluding tert-OH is 1. The van der Waals surface area contributed by atoms with E-state index in [4.69, 9.17) is 10.8 Å². The van der Waals surface area contributed by atoms with Crippen LogP contribution < -0.4 is 11.1 Å². The summed E-state index contributed by atoms with van der Waals surface area (Å²) in [5.74, 6) is 0.674. The maximum atomic E-state index is 12.6. The molecule has 3 rings (SSSR count). The SMILES string of the molecule is CN1CCN(C(=O)[C@@H]2CSC3(CN(C(=O)[C@@H](N)CO)C3)N2)CC1. The minimum atomic E-state index is -0.846. The first-order valence-corrected chi connectivity index (χ1v) is 8.97. The number of likely N-dealkylation sites (N-methyl/N-ethyl adjacent to an activating group) is 1. The predicted molar refractivity (Wildman–Crippen MR) is 87.8 cm³/mol. The molecule has 0 aliphatic carbocycles. The number of piperazine rings is 1. The summed E-state index contributed by atoms with van der Waals surface area (Å²) < 4.78 is 0. The van der Waals surface area contributed by atoms with Crippen LogP contribution in [0.1, 0.15) is 0 Å². The van der Waals surface area contributed by atoms with Gasteiger partial charge in [0.25, 0.3) is 0 Å². The lowest BCUT2D eigenvalue weighted by Crippen LogP contribution is -2.70. The Morgan fingerprint density at radius 3 is 2.57 bits per heavy atom. The molecule has 8 nitrogen and oxygen atoms in total. The Bertz CT molecular complexity index is 477. The molecule has 0 unspecified atom stereocenters. The van der Waals surface area contributed by atoms with Crippen LogP contribution in [-0.2, 0) is 9.59 Å². The van der Waals surface area contributed by atoms with E-state index in [1.54, 1.807) is 16.7 Å². The van der Waals surface area contributed by atoms with Gasteiger partial charge in [-0.25, -0.2) is 0 Å². The Morgan fingerprint density at radius 2 is 1.96 bits per heavy atom. The van der Waals surface area contributed by atoms with Crippen LogP contribution >= 0.6 is 11.8 Å². The third-order valence-corrected chi connectivity index (χ3v) is 6.22. The van der Waals surface area contributed by atoms with Gasteiger partial charge in [-0.05, 0) is 7.05 Å². The number of nitrogens with one attached hydrogen (secondary N) is 1. The summed E-state index contributed by atoms with van der Waals surface area (Å²) in [6, 6.07) is -1.02. The first-order chi connectivity index (χ1) is 10.9. The number of amides is 2. The smallest absolute Gasteiger partial charge is 0.242 e. The minimum Gasteiger partial charge on any atom is -0.394 e. The van der Waals surface area contributed by atoms with Crippen LogP contribution in [0.25, 0.3) is 0 Å². The lowest BCUT2D eigenvalue weighted by molar-refractivity contribution is -0.140. The molecule has 0 aromatic rings. The van der Waals surface area contributed by atoms with Crippen molar-refractivity contribution in [3.8, 4) is 0 Å². The lowest BCUT2D eigenvalue weighted by atomic mass is 10.1. The number of rotatable bonds is 3. The van der Waals surface area contributed by atoms with E-state index in [1.165, 1.54) is 0 Å². The van der Waals surface area contributed by atoms with Crippen molar-refractivity contribution in [2.24, 2.45) is 5.73 Å². The molecule has 3 saturated heterocycles. The second-order valence-corrected chi connectivity index (χ2v) is 8.02. The predicted octanol–water partition coefficient (Wildman–Crippen LogP) is -2.68. The van der Waals surface area contributed by atoms with Gasteiger partial charge in [0.15, 0.2) is 0 Å². The Balaban J connectivity index is 1.50. The molecule has 23 heavy (non-hydrogen) atoms. The molecule has 2 amide bonds. The molecular formula is C14H25N5O3S. The zero-order chi connectivity index (χ0) is 16.6. The number of carbonyl (C=O) groups is 2. The maximum absolute atomic E-state index is 12.6. The molecule has 1 spiro atoms. The van der Waals surface area contributed by atoms with Crippen molar-refractivity contribution in [1.29, 1.82) is 0 Å². The molecule has 130 valence electrons. The van der Waals surface area contributed by atoms with Crippen molar-refractivity contribution in [2.45, 2.75) is 17.0 Å². The van der Waals surface area contributed by atoms with Crippen LogP contribution in [0.5, 0.6) is 0 Å². The number of aliphatic hydroxyl groups is 1. The van der Waals surface area contributed by atoms with E-state index in [0.29, 0.717) is 13.1 Å². The average molecular weight is 343 g/mol. The van der Waals surface area contributed by atoms with Gasteiger partial charge >= 0.3 is 0 Å². The van der Waals surface area contributed by atoms with Gasteiger partial charge in [-0.1, -0.05) is 0 Å². The Kier molecular flexibility index (Phi) is 4.84. The summed E-state index contributed by atoms with van der Waals surface area (Å²) in [6.45, 7) is 4.12. The van der Waals surface area contributed by atoms with E-state index in [2.05, 4.69) is 17.3 Å². The topological polar surface area (TPSA) is 102 Å². The van der Waals surface area contributed by atoms with Crippen LogP contribution in [0.3, 0.4) is 0 Å². The molecule has 3 heterocycles. The van der Waals surface area contributed by atoms with Gasteiger partial charge < -0.3 is 25.5 Å². The van der Waals surface area contributed by atoms with Crippen LogP contribution in [0.15, 0.2) is 0 Å². The monoisotopic (exact) mass is 343 g/mol. The maximum Gasteiger partial charge on any atom is 0.242 e. The molecule has 2 atom stereocenters. The summed E-state index contributed by atoms with van der Waals surface area (Å²) >= 11 is 1.71. The fraction of sp³-hybridized carbons (Fsp3) is 0.857. The fourth-order valence-electron chi connectivity index (χ4n) is 3.25. The van der Waals surface area contributed by atoms with E-state index in [-0.39, 0.29) is 29.3 Å². The number of nitrogens with two attached hydrogens (primary N) is 1. The zero-order valence-corrected chi connectivity index (χ0v) is 14.2. The fourth-order valence-corrected chi connectivity index (χ4v) is 4.68. The Morgan fingerprint density at radius 1 is 1.30 bits per heavy atom. The summed E-state index contributed by atoms with van der Waals surface area (Å²) in [7, 11) is 2.07. The number of carbonyl (C=O) groups excluding carboxylic acids is 2. The molecule has 3 fully saturated rings. The highest BCUT2D eigenvalue weighted by molar-refractivity contribution is 8.01. The zero-order valence-electron chi connectivity index (χ0n) is 13.4. The van der Waals surface area contributed by atoms with Crippen LogP contribution in [0.4, 0.5) is 0 Å².